The third kappa shape index (κ3) is 10.2. The predicted molar refractivity (Wildman–Crippen MR) is 34.1 cm³/mol. The van der Waals surface area contributed by atoms with Gasteiger partial charge in [-0.2, -0.15) is 0 Å². The van der Waals surface area contributed by atoms with Gasteiger partial charge in [0.2, 0.25) is 0 Å². The molecule has 0 aliphatic carbocycles. The van der Waals surface area contributed by atoms with E-state index in [1.54, 1.807) is 0 Å². The minimum atomic E-state index is 0. The van der Waals surface area contributed by atoms with Crippen molar-refractivity contribution in [2.45, 2.75) is 0 Å². The van der Waals surface area contributed by atoms with Crippen LogP contribution in [-0.2, 0) is 0 Å². The van der Waals surface area contributed by atoms with E-state index in [2.05, 4.69) is 0 Å². The number of hydrogen-bond acceptors (Lipinski definition) is 2. The van der Waals surface area contributed by atoms with Gasteiger partial charge in [-0.1, -0.05) is 36.4 Å². The highest BCUT2D eigenvalue weighted by Crippen LogP contribution is 1.79. The van der Waals surface area contributed by atoms with Crippen LogP contribution in [0.15, 0.2) is 36.4 Å². The first kappa shape index (κ1) is 11.8. The molecular weight excluding hydrogens is 198 g/mol. The van der Waals surface area contributed by atoms with Crippen molar-refractivity contribution in [2.75, 3.05) is 0 Å². The summed E-state index contributed by atoms with van der Waals surface area (Å²) < 4.78 is 0. The molecule has 0 saturated carbocycles. The predicted octanol–water partition coefficient (Wildman–Crippen LogP) is -2.98. The fourth-order valence-corrected chi connectivity index (χ4v) is 0.385. The van der Waals surface area contributed by atoms with Gasteiger partial charge in [-0.05, 0) is 0 Å². The van der Waals surface area contributed by atoms with E-state index in [1.165, 1.54) is 0 Å². The molecule has 0 spiro atoms. The lowest BCUT2D eigenvalue weighted by Crippen LogP contribution is -3.00. The van der Waals surface area contributed by atoms with Gasteiger partial charge in [0, 0.05) is 5.34 Å². The molecule has 1 aromatic carbocycles. The molecule has 0 radical (unpaired) electrons. The summed E-state index contributed by atoms with van der Waals surface area (Å²) in [6, 6.07) is 12.0. The minimum Gasteiger partial charge on any atom is -1.00 e. The summed E-state index contributed by atoms with van der Waals surface area (Å²) in [5, 5.41) is 8.38. The molecule has 0 amide bonds. The van der Waals surface area contributed by atoms with Gasteiger partial charge in [0.25, 0.3) is 0 Å². The minimum absolute atomic E-state index is 0. The van der Waals surface area contributed by atoms with Gasteiger partial charge in [0.1, 0.15) is 0 Å². The Morgan fingerprint density at radius 1 is 0.900 bits per heavy atom. The molecule has 1 N–H and O–H groups in total. The van der Waals surface area contributed by atoms with Crippen LogP contribution >= 0.6 is 0 Å². The zero-order valence-corrected chi connectivity index (χ0v) is 6.74. The Morgan fingerprint density at radius 2 is 1.00 bits per heavy atom. The van der Waals surface area contributed by atoms with Gasteiger partial charge in [0.05, 0.1) is 0 Å². The smallest absolute Gasteiger partial charge is 0.00366 e. The average Bonchev–Trinajstić information content (AvgIpc) is 1.93. The molecule has 0 heterocycles. The molecule has 3 nitrogen and oxygen atoms in total. The molecule has 0 aliphatic rings. The Morgan fingerprint density at radius 3 is 1.10 bits per heavy atom. The van der Waals surface area contributed by atoms with Crippen molar-refractivity contribution < 1.29 is 22.3 Å². The van der Waals surface area contributed by atoms with E-state index in [0.717, 1.165) is 0 Å². The van der Waals surface area contributed by atoms with Crippen molar-refractivity contribution in [2.24, 2.45) is 0 Å². The van der Waals surface area contributed by atoms with E-state index in [-0.39, 0.29) is 22.3 Å². The summed E-state index contributed by atoms with van der Waals surface area (Å²) >= 11 is 0. The van der Waals surface area contributed by atoms with Crippen LogP contribution in [0, 0.1) is 10.1 Å². The van der Waals surface area contributed by atoms with Crippen molar-refractivity contribution >= 4 is 0 Å². The Kier molecular flexibility index (Phi) is 13.0. The normalized spacial score (nSPS) is 6.00. The van der Waals surface area contributed by atoms with Crippen molar-refractivity contribution in [3.63, 3.8) is 0 Å². The molecule has 0 atom stereocenters. The average molecular weight is 205 g/mol. The standard InChI is InChI=1S/C6H6.BrH.HNO2/c1-2-4-6-5-3-1;;2-1-3/h1-6H;1H;1H/p-1. The van der Waals surface area contributed by atoms with Crippen LogP contribution in [0.4, 0.5) is 0 Å². The Bertz CT molecular complexity index is 119. The molecule has 0 aliphatic heterocycles. The highest BCUT2D eigenvalue weighted by Gasteiger charge is 1.57. The van der Waals surface area contributed by atoms with Crippen molar-refractivity contribution in [1.82, 2.24) is 0 Å². The largest absolute Gasteiger partial charge is 1.00 e. The van der Waals surface area contributed by atoms with Crippen LogP contribution in [0.1, 0.15) is 0 Å². The van der Waals surface area contributed by atoms with E-state index in [1.807, 2.05) is 36.4 Å². The third-order valence-electron chi connectivity index (χ3n) is 0.667. The van der Waals surface area contributed by atoms with Crippen LogP contribution in [0.2, 0.25) is 0 Å². The molecule has 0 bridgehead atoms. The van der Waals surface area contributed by atoms with Crippen LogP contribution in [0.5, 0.6) is 0 Å². The second kappa shape index (κ2) is 11.0. The van der Waals surface area contributed by atoms with Crippen LogP contribution in [-0.4, -0.2) is 0 Å². The summed E-state index contributed by atoms with van der Waals surface area (Å²) in [7, 11) is 0. The molecule has 0 aromatic heterocycles. The maximum absolute atomic E-state index is 8.12. The van der Waals surface area contributed by atoms with E-state index in [4.69, 9.17) is 10.1 Å². The monoisotopic (exact) mass is 204 g/mol. The van der Waals surface area contributed by atoms with E-state index < -0.39 is 0 Å². The molecular formula is C6H7BrNO2-. The first-order chi connectivity index (χ1) is 4.41. The van der Waals surface area contributed by atoms with Gasteiger partial charge in [-0.15, -0.1) is 0 Å². The Labute approximate surface area is 69.4 Å². The fourth-order valence-electron chi connectivity index (χ4n) is 0.385. The van der Waals surface area contributed by atoms with Gasteiger partial charge in [-0.25, -0.2) is 0 Å². The summed E-state index contributed by atoms with van der Waals surface area (Å²) in [5.41, 5.74) is 0. The number of hydrogen-bond donors (Lipinski definition) is 1. The topological polar surface area (TPSA) is 54.1 Å². The van der Waals surface area contributed by atoms with Crippen molar-refractivity contribution in [3.05, 3.63) is 46.5 Å². The summed E-state index contributed by atoms with van der Waals surface area (Å²) in [6.45, 7) is 0. The van der Waals surface area contributed by atoms with E-state index in [0.29, 0.717) is 0 Å². The number of benzene rings is 1. The summed E-state index contributed by atoms with van der Waals surface area (Å²) in [5.74, 6) is 0. The van der Waals surface area contributed by atoms with Crippen LogP contribution in [0.3, 0.4) is 0 Å². The highest BCUT2D eigenvalue weighted by molar-refractivity contribution is 4.99. The first-order valence-corrected chi connectivity index (χ1v) is 2.41. The highest BCUT2D eigenvalue weighted by atomic mass is 79.9. The van der Waals surface area contributed by atoms with Gasteiger partial charge in [0.15, 0.2) is 0 Å². The van der Waals surface area contributed by atoms with Gasteiger partial charge < -0.3 is 17.0 Å². The zero-order valence-electron chi connectivity index (χ0n) is 5.16. The van der Waals surface area contributed by atoms with Crippen LogP contribution in [0.25, 0.3) is 0 Å². The molecule has 1 aromatic rings. The lowest BCUT2D eigenvalue weighted by Gasteiger charge is -1.69. The molecule has 56 valence electrons. The maximum atomic E-state index is 8.12. The van der Waals surface area contributed by atoms with Gasteiger partial charge in [-0.3, -0.25) is 10.1 Å². The number of nitrogens with one attached hydrogen (secondary N) is 1. The quantitative estimate of drug-likeness (QED) is 0.363. The molecule has 10 heavy (non-hydrogen) atoms. The van der Waals surface area contributed by atoms with E-state index in [9.17, 15) is 0 Å². The Hall–Kier alpha value is -0.900. The maximum Gasteiger partial charge on any atom is 0.00366 e. The van der Waals surface area contributed by atoms with E-state index >= 15 is 0 Å². The summed E-state index contributed by atoms with van der Waals surface area (Å²) in [6.07, 6.45) is 0. The summed E-state index contributed by atoms with van der Waals surface area (Å²) in [4.78, 5) is 8.12. The van der Waals surface area contributed by atoms with Gasteiger partial charge >= 0.3 is 0 Å². The number of halogens is 1. The lowest BCUT2D eigenvalue weighted by molar-refractivity contribution is -0.398. The molecule has 1 rings (SSSR count). The zero-order chi connectivity index (χ0) is 6.95. The first-order valence-electron chi connectivity index (χ1n) is 2.41. The van der Waals surface area contributed by atoms with Crippen molar-refractivity contribution in [3.8, 4) is 0 Å². The molecule has 4 heteroatoms. The molecule has 0 unspecified atom stereocenters. The molecule has 0 saturated heterocycles. The second-order valence-corrected chi connectivity index (χ2v) is 1.24. The lowest BCUT2D eigenvalue weighted by atomic mass is 10.4. The fraction of sp³-hybridized carbons (Fsp3) is 0. The SMILES string of the molecule is O=[NH+][O-].[Br-].c1ccccc1. The molecule has 0 fully saturated rings. The van der Waals surface area contributed by atoms with Crippen molar-refractivity contribution in [1.29, 1.82) is 0 Å². The Balaban J connectivity index is 0. The second-order valence-electron chi connectivity index (χ2n) is 1.24. The third-order valence-corrected chi connectivity index (χ3v) is 0.667. The number of rotatable bonds is 0. The van der Waals surface area contributed by atoms with Crippen LogP contribution < -0.4 is 22.3 Å².